The van der Waals surface area contributed by atoms with Crippen molar-refractivity contribution in [3.8, 4) is 0 Å². The number of amides is 2. The van der Waals surface area contributed by atoms with Gasteiger partial charge < -0.3 is 10.2 Å². The van der Waals surface area contributed by atoms with Crippen molar-refractivity contribution in [1.29, 1.82) is 0 Å². The van der Waals surface area contributed by atoms with Crippen molar-refractivity contribution in [1.82, 2.24) is 10.6 Å². The molecule has 2 rings (SSSR count). The highest BCUT2D eigenvalue weighted by molar-refractivity contribution is 5.98. The number of hydrogen-bond donors (Lipinski definition) is 2. The normalized spacial score (nSPS) is 19.2. The van der Waals surface area contributed by atoms with Gasteiger partial charge in [-0.1, -0.05) is 6.07 Å². The number of benzene rings is 1. The van der Waals surface area contributed by atoms with E-state index in [0.29, 0.717) is 5.69 Å². The number of hydrogen-bond acceptors (Lipinski definition) is 3. The number of nitrogens with zero attached hydrogens (tertiary/aromatic N) is 1. The summed E-state index contributed by atoms with van der Waals surface area (Å²) in [5, 5.41) is 5.44. The summed E-state index contributed by atoms with van der Waals surface area (Å²) in [6.07, 6.45) is 0. The summed E-state index contributed by atoms with van der Waals surface area (Å²) in [5.74, 6) is -0.731. The fourth-order valence-corrected chi connectivity index (χ4v) is 1.79. The molecule has 1 saturated heterocycles. The Morgan fingerprint density at radius 2 is 2.28 bits per heavy atom. The molecule has 0 aliphatic carbocycles. The summed E-state index contributed by atoms with van der Waals surface area (Å²) < 4.78 is 13.1. The van der Waals surface area contributed by atoms with E-state index in [2.05, 4.69) is 10.6 Å². The largest absolute Gasteiger partial charge is 0.353 e. The van der Waals surface area contributed by atoms with Crippen LogP contribution in [-0.2, 0) is 9.59 Å². The minimum atomic E-state index is -0.476. The van der Waals surface area contributed by atoms with Crippen molar-refractivity contribution in [2.24, 2.45) is 0 Å². The van der Waals surface area contributed by atoms with E-state index in [1.54, 1.807) is 19.2 Å². The molecular weight excluding hydrogens is 237 g/mol. The molecule has 1 atom stereocenters. The van der Waals surface area contributed by atoms with Crippen molar-refractivity contribution in [2.45, 2.75) is 6.04 Å². The molecule has 0 saturated carbocycles. The molecular formula is C12H14FN3O2. The van der Waals surface area contributed by atoms with E-state index in [1.165, 1.54) is 17.0 Å². The maximum Gasteiger partial charge on any atom is 0.245 e. The van der Waals surface area contributed by atoms with Crippen LogP contribution in [0.25, 0.3) is 0 Å². The smallest absolute Gasteiger partial charge is 0.245 e. The van der Waals surface area contributed by atoms with Gasteiger partial charge in [0.2, 0.25) is 11.8 Å². The highest BCUT2D eigenvalue weighted by Crippen LogP contribution is 2.14. The molecule has 1 fully saturated rings. The molecule has 1 unspecified atom stereocenters. The van der Waals surface area contributed by atoms with Crippen molar-refractivity contribution in [3.63, 3.8) is 0 Å². The van der Waals surface area contributed by atoms with Crippen LogP contribution in [0.2, 0.25) is 0 Å². The molecule has 0 bridgehead atoms. The molecule has 1 aliphatic heterocycles. The molecule has 0 aromatic heterocycles. The van der Waals surface area contributed by atoms with Crippen LogP contribution in [0.1, 0.15) is 0 Å². The maximum atomic E-state index is 13.1. The number of carbonyl (C=O) groups is 2. The Bertz CT molecular complexity index is 468. The SMILES string of the molecule is CN(C(=O)C1CNC(=O)CN1)c1cccc(F)c1. The van der Waals surface area contributed by atoms with Gasteiger partial charge in [0.15, 0.2) is 0 Å². The molecule has 1 aliphatic rings. The van der Waals surface area contributed by atoms with E-state index < -0.39 is 11.9 Å². The van der Waals surface area contributed by atoms with E-state index in [0.717, 1.165) is 0 Å². The Labute approximate surface area is 104 Å². The van der Waals surface area contributed by atoms with Gasteiger partial charge in [-0.2, -0.15) is 0 Å². The van der Waals surface area contributed by atoms with Crippen molar-refractivity contribution < 1.29 is 14.0 Å². The summed E-state index contributed by atoms with van der Waals surface area (Å²) in [4.78, 5) is 24.4. The fourth-order valence-electron chi connectivity index (χ4n) is 1.79. The number of likely N-dealkylation sites (N-methyl/N-ethyl adjacent to an activating group) is 1. The average Bonchev–Trinajstić information content (AvgIpc) is 2.38. The Morgan fingerprint density at radius 1 is 1.50 bits per heavy atom. The molecule has 0 radical (unpaired) electrons. The molecule has 2 N–H and O–H groups in total. The van der Waals surface area contributed by atoms with Gasteiger partial charge in [0, 0.05) is 19.3 Å². The summed E-state index contributed by atoms with van der Waals surface area (Å²) in [5.41, 5.74) is 0.485. The van der Waals surface area contributed by atoms with Crippen molar-refractivity contribution in [3.05, 3.63) is 30.1 Å². The standard InChI is InChI=1S/C12H14FN3O2/c1-16(9-4-2-3-8(13)5-9)12(18)10-6-15-11(17)7-14-10/h2-5,10,14H,6-7H2,1H3,(H,15,17). The van der Waals surface area contributed by atoms with Crippen molar-refractivity contribution >= 4 is 17.5 Å². The number of carbonyl (C=O) groups excluding carboxylic acids is 2. The summed E-state index contributed by atoms with van der Waals surface area (Å²) in [6, 6.07) is 5.34. The predicted octanol–water partition coefficient (Wildman–Crippen LogP) is -0.123. The molecule has 1 heterocycles. The monoisotopic (exact) mass is 251 g/mol. The first-order chi connectivity index (χ1) is 8.58. The van der Waals surface area contributed by atoms with Crippen LogP contribution in [0.15, 0.2) is 24.3 Å². The van der Waals surface area contributed by atoms with Gasteiger partial charge in [-0.05, 0) is 18.2 Å². The van der Waals surface area contributed by atoms with Gasteiger partial charge in [-0.3, -0.25) is 14.9 Å². The van der Waals surface area contributed by atoms with E-state index in [4.69, 9.17) is 0 Å². The maximum absolute atomic E-state index is 13.1. The summed E-state index contributed by atoms with van der Waals surface area (Å²) in [7, 11) is 1.58. The Hall–Kier alpha value is -1.95. The zero-order chi connectivity index (χ0) is 13.1. The van der Waals surface area contributed by atoms with E-state index >= 15 is 0 Å². The first-order valence-electron chi connectivity index (χ1n) is 5.61. The van der Waals surface area contributed by atoms with Gasteiger partial charge in [0.1, 0.15) is 11.9 Å². The minimum absolute atomic E-state index is 0.118. The van der Waals surface area contributed by atoms with Gasteiger partial charge in [0.05, 0.1) is 6.54 Å². The van der Waals surface area contributed by atoms with E-state index in [1.807, 2.05) is 0 Å². The first-order valence-corrected chi connectivity index (χ1v) is 5.61. The number of piperazine rings is 1. The zero-order valence-corrected chi connectivity index (χ0v) is 9.94. The van der Waals surface area contributed by atoms with Gasteiger partial charge >= 0.3 is 0 Å². The lowest BCUT2D eigenvalue weighted by atomic mass is 10.2. The van der Waals surface area contributed by atoms with Crippen LogP contribution in [-0.4, -0.2) is 38.0 Å². The molecule has 1 aromatic carbocycles. The number of anilines is 1. The van der Waals surface area contributed by atoms with Crippen LogP contribution in [0, 0.1) is 5.82 Å². The van der Waals surface area contributed by atoms with Crippen LogP contribution in [0.5, 0.6) is 0 Å². The van der Waals surface area contributed by atoms with Gasteiger partial charge in [0.25, 0.3) is 0 Å². The first kappa shape index (κ1) is 12.5. The summed E-state index contributed by atoms with van der Waals surface area (Å²) >= 11 is 0. The molecule has 1 aromatic rings. The third-order valence-electron chi connectivity index (χ3n) is 2.84. The Balaban J connectivity index is 2.07. The average molecular weight is 251 g/mol. The lowest BCUT2D eigenvalue weighted by Crippen LogP contribution is -2.58. The molecule has 6 heteroatoms. The highest BCUT2D eigenvalue weighted by atomic mass is 19.1. The fraction of sp³-hybridized carbons (Fsp3) is 0.333. The van der Waals surface area contributed by atoms with Crippen molar-refractivity contribution in [2.75, 3.05) is 25.0 Å². The summed E-state index contributed by atoms with van der Waals surface area (Å²) in [6.45, 7) is 0.366. The number of nitrogens with one attached hydrogen (secondary N) is 2. The number of halogens is 1. The highest BCUT2D eigenvalue weighted by Gasteiger charge is 2.26. The molecule has 2 amide bonds. The quantitative estimate of drug-likeness (QED) is 0.770. The van der Waals surface area contributed by atoms with E-state index in [-0.39, 0.29) is 24.9 Å². The zero-order valence-electron chi connectivity index (χ0n) is 9.94. The van der Waals surface area contributed by atoms with Crippen LogP contribution >= 0.6 is 0 Å². The second-order valence-electron chi connectivity index (χ2n) is 4.11. The van der Waals surface area contributed by atoms with Crippen LogP contribution in [0.4, 0.5) is 10.1 Å². The third kappa shape index (κ3) is 2.65. The van der Waals surface area contributed by atoms with Crippen LogP contribution in [0.3, 0.4) is 0 Å². The Morgan fingerprint density at radius 3 is 2.89 bits per heavy atom. The molecule has 18 heavy (non-hydrogen) atoms. The van der Waals surface area contributed by atoms with Gasteiger partial charge in [-0.25, -0.2) is 4.39 Å². The Kier molecular flexibility index (Phi) is 3.57. The number of rotatable bonds is 2. The van der Waals surface area contributed by atoms with E-state index in [9.17, 15) is 14.0 Å². The lowest BCUT2D eigenvalue weighted by molar-refractivity contribution is -0.125. The molecule has 0 spiro atoms. The van der Waals surface area contributed by atoms with Gasteiger partial charge in [-0.15, -0.1) is 0 Å². The second-order valence-corrected chi connectivity index (χ2v) is 4.11. The predicted molar refractivity (Wildman–Crippen MR) is 64.6 cm³/mol. The minimum Gasteiger partial charge on any atom is -0.353 e. The van der Waals surface area contributed by atoms with Crippen LogP contribution < -0.4 is 15.5 Å². The lowest BCUT2D eigenvalue weighted by Gasteiger charge is -2.27. The molecule has 5 nitrogen and oxygen atoms in total. The second kappa shape index (κ2) is 5.14. The topological polar surface area (TPSA) is 61.4 Å². The third-order valence-corrected chi connectivity index (χ3v) is 2.84. The molecule has 96 valence electrons.